The lowest BCUT2D eigenvalue weighted by atomic mass is 9.92. The third-order valence-corrected chi connectivity index (χ3v) is 4.84. The number of amides is 1. The maximum atomic E-state index is 12.3. The molecule has 0 radical (unpaired) electrons. The molecule has 2 N–H and O–H groups in total. The minimum absolute atomic E-state index is 0.0332. The van der Waals surface area contributed by atoms with E-state index in [1.807, 2.05) is 0 Å². The molecule has 1 aliphatic carbocycles. The second-order valence-electron chi connectivity index (χ2n) is 5.78. The second-order valence-corrected chi connectivity index (χ2v) is 6.19. The molecule has 1 aromatic carbocycles. The average molecular weight is 310 g/mol. The molecule has 1 aromatic rings. The molecule has 1 atom stereocenters. The van der Waals surface area contributed by atoms with Crippen molar-refractivity contribution in [2.75, 3.05) is 18.4 Å². The third kappa shape index (κ3) is 2.73. The van der Waals surface area contributed by atoms with Crippen LogP contribution in [0.3, 0.4) is 0 Å². The number of halogens is 1. The highest BCUT2D eigenvalue weighted by Gasteiger charge is 2.57. The Morgan fingerprint density at radius 2 is 2.14 bits per heavy atom. The minimum Gasteiger partial charge on any atom is -0.325 e. The first-order chi connectivity index (χ1) is 10.0. The van der Waals surface area contributed by atoms with Gasteiger partial charge in [0.2, 0.25) is 5.91 Å². The van der Waals surface area contributed by atoms with E-state index in [0.717, 1.165) is 32.4 Å². The number of hydrogen-bond acceptors (Lipinski definition) is 4. The van der Waals surface area contributed by atoms with Crippen molar-refractivity contribution in [1.29, 1.82) is 0 Å². The van der Waals surface area contributed by atoms with E-state index in [-0.39, 0.29) is 28.0 Å². The molecule has 6 nitrogen and oxygen atoms in total. The Morgan fingerprint density at radius 1 is 1.43 bits per heavy atom. The first-order valence-electron chi connectivity index (χ1n) is 6.97. The highest BCUT2D eigenvalue weighted by Crippen LogP contribution is 2.58. The Hall–Kier alpha value is -1.66. The van der Waals surface area contributed by atoms with Crippen molar-refractivity contribution >= 4 is 28.9 Å². The fourth-order valence-electron chi connectivity index (χ4n) is 3.13. The van der Waals surface area contributed by atoms with Gasteiger partial charge in [0.1, 0.15) is 0 Å². The van der Waals surface area contributed by atoms with Crippen LogP contribution in [0.5, 0.6) is 0 Å². The predicted molar refractivity (Wildman–Crippen MR) is 79.4 cm³/mol. The molecule has 1 heterocycles. The highest BCUT2D eigenvalue weighted by molar-refractivity contribution is 6.34. The lowest BCUT2D eigenvalue weighted by Gasteiger charge is -2.23. The molecular weight excluding hydrogens is 294 g/mol. The number of benzene rings is 1. The summed E-state index contributed by atoms with van der Waals surface area (Å²) in [5, 5.41) is 16.9. The molecule has 1 spiro atoms. The highest BCUT2D eigenvalue weighted by atomic mass is 35.5. The number of nitro benzene ring substituents is 1. The average Bonchev–Trinajstić information content (AvgIpc) is 3.15. The van der Waals surface area contributed by atoms with Crippen LogP contribution in [0, 0.1) is 21.4 Å². The Labute approximate surface area is 127 Å². The van der Waals surface area contributed by atoms with Crippen LogP contribution < -0.4 is 10.6 Å². The summed E-state index contributed by atoms with van der Waals surface area (Å²) in [4.78, 5) is 22.4. The number of hydrogen-bond donors (Lipinski definition) is 2. The molecule has 2 aliphatic rings. The molecule has 3 rings (SSSR count). The van der Waals surface area contributed by atoms with E-state index >= 15 is 0 Å². The molecule has 1 saturated carbocycles. The number of nitrogens with zero attached hydrogens (tertiary/aromatic N) is 1. The van der Waals surface area contributed by atoms with Gasteiger partial charge in [-0.2, -0.15) is 0 Å². The van der Waals surface area contributed by atoms with Gasteiger partial charge in [0.05, 0.1) is 15.6 Å². The van der Waals surface area contributed by atoms with E-state index in [1.165, 1.54) is 18.2 Å². The van der Waals surface area contributed by atoms with Crippen LogP contribution in [0.15, 0.2) is 18.2 Å². The molecule has 1 saturated heterocycles. The Kier molecular flexibility index (Phi) is 3.59. The van der Waals surface area contributed by atoms with Gasteiger partial charge in [0, 0.05) is 18.1 Å². The van der Waals surface area contributed by atoms with Crippen molar-refractivity contribution < 1.29 is 9.72 Å². The fraction of sp³-hybridized carbons (Fsp3) is 0.500. The van der Waals surface area contributed by atoms with Crippen LogP contribution in [0.4, 0.5) is 11.4 Å². The molecule has 0 bridgehead atoms. The first-order valence-corrected chi connectivity index (χ1v) is 7.35. The van der Waals surface area contributed by atoms with E-state index in [2.05, 4.69) is 10.6 Å². The van der Waals surface area contributed by atoms with Gasteiger partial charge in [-0.15, -0.1) is 0 Å². The van der Waals surface area contributed by atoms with Crippen molar-refractivity contribution in [3.8, 4) is 0 Å². The molecule has 21 heavy (non-hydrogen) atoms. The smallest absolute Gasteiger partial charge is 0.271 e. The number of non-ortho nitro benzene ring substituents is 1. The van der Waals surface area contributed by atoms with Crippen molar-refractivity contribution in [3.05, 3.63) is 33.3 Å². The minimum atomic E-state index is -0.512. The third-order valence-electron chi connectivity index (χ3n) is 4.53. The van der Waals surface area contributed by atoms with Crippen LogP contribution in [-0.4, -0.2) is 23.9 Å². The Balaban J connectivity index is 1.67. The second kappa shape index (κ2) is 5.27. The van der Waals surface area contributed by atoms with Crippen LogP contribution in [-0.2, 0) is 4.79 Å². The molecule has 0 aromatic heterocycles. The van der Waals surface area contributed by atoms with E-state index in [9.17, 15) is 14.9 Å². The van der Waals surface area contributed by atoms with Gasteiger partial charge in [0.25, 0.3) is 5.69 Å². The first kappa shape index (κ1) is 14.3. The number of nitro groups is 1. The SMILES string of the molecule is O=C(Nc1ccc([N+](=O)[O-])cc1Cl)C1CC12CCNCC2. The molecule has 112 valence electrons. The number of piperidine rings is 1. The van der Waals surface area contributed by atoms with Crippen molar-refractivity contribution in [2.24, 2.45) is 11.3 Å². The van der Waals surface area contributed by atoms with Gasteiger partial charge >= 0.3 is 0 Å². The van der Waals surface area contributed by atoms with E-state index in [4.69, 9.17) is 11.6 Å². The van der Waals surface area contributed by atoms with Crippen molar-refractivity contribution in [2.45, 2.75) is 19.3 Å². The number of anilines is 1. The number of carbonyl (C=O) groups excluding carboxylic acids is 1. The number of rotatable bonds is 3. The summed E-state index contributed by atoms with van der Waals surface area (Å²) in [5.74, 6) is -0.00138. The maximum Gasteiger partial charge on any atom is 0.271 e. The summed E-state index contributed by atoms with van der Waals surface area (Å²) in [6, 6.07) is 4.08. The summed E-state index contributed by atoms with van der Waals surface area (Å²) >= 11 is 5.99. The van der Waals surface area contributed by atoms with Crippen LogP contribution in [0.2, 0.25) is 5.02 Å². The van der Waals surface area contributed by atoms with Gasteiger partial charge < -0.3 is 10.6 Å². The van der Waals surface area contributed by atoms with Crippen LogP contribution >= 0.6 is 11.6 Å². The van der Waals surface area contributed by atoms with Crippen molar-refractivity contribution in [3.63, 3.8) is 0 Å². The lowest BCUT2D eigenvalue weighted by Crippen LogP contribution is -2.31. The van der Waals surface area contributed by atoms with Gasteiger partial charge in [-0.25, -0.2) is 0 Å². The summed E-state index contributed by atoms with van der Waals surface area (Å²) < 4.78 is 0. The van der Waals surface area contributed by atoms with Crippen LogP contribution in [0.1, 0.15) is 19.3 Å². The molecule has 1 amide bonds. The van der Waals surface area contributed by atoms with E-state index in [1.54, 1.807) is 0 Å². The standard InChI is InChI=1S/C14H16ClN3O3/c15-11-7-9(18(20)21)1-2-12(11)17-13(19)10-8-14(10)3-5-16-6-4-14/h1-2,7,10,16H,3-6,8H2,(H,17,19). The summed E-state index contributed by atoms with van der Waals surface area (Å²) in [6.07, 6.45) is 2.98. The van der Waals surface area contributed by atoms with Gasteiger partial charge in [-0.3, -0.25) is 14.9 Å². The Morgan fingerprint density at radius 3 is 2.76 bits per heavy atom. The normalized spacial score (nSPS) is 22.8. The Bertz CT molecular complexity index is 599. The zero-order valence-electron chi connectivity index (χ0n) is 11.4. The molecule has 1 aliphatic heterocycles. The lowest BCUT2D eigenvalue weighted by molar-refractivity contribution is -0.384. The number of nitrogens with one attached hydrogen (secondary N) is 2. The van der Waals surface area contributed by atoms with Gasteiger partial charge in [-0.1, -0.05) is 11.6 Å². The molecule has 7 heteroatoms. The van der Waals surface area contributed by atoms with Crippen LogP contribution in [0.25, 0.3) is 0 Å². The zero-order valence-corrected chi connectivity index (χ0v) is 12.2. The topological polar surface area (TPSA) is 84.3 Å². The number of carbonyl (C=O) groups is 1. The largest absolute Gasteiger partial charge is 0.325 e. The fourth-order valence-corrected chi connectivity index (χ4v) is 3.36. The molecular formula is C14H16ClN3O3. The molecule has 1 unspecified atom stereocenters. The van der Waals surface area contributed by atoms with Gasteiger partial charge in [-0.05, 0) is 43.8 Å². The predicted octanol–water partition coefficient (Wildman–Crippen LogP) is 2.58. The maximum absolute atomic E-state index is 12.3. The molecule has 2 fully saturated rings. The summed E-state index contributed by atoms with van der Waals surface area (Å²) in [5.41, 5.74) is 0.505. The van der Waals surface area contributed by atoms with E-state index < -0.39 is 4.92 Å². The zero-order chi connectivity index (χ0) is 15.0. The summed E-state index contributed by atoms with van der Waals surface area (Å²) in [7, 11) is 0. The monoisotopic (exact) mass is 309 g/mol. The van der Waals surface area contributed by atoms with E-state index in [0.29, 0.717) is 5.69 Å². The quantitative estimate of drug-likeness (QED) is 0.664. The summed E-state index contributed by atoms with van der Waals surface area (Å²) in [6.45, 7) is 1.92. The van der Waals surface area contributed by atoms with Crippen molar-refractivity contribution in [1.82, 2.24) is 5.32 Å². The van der Waals surface area contributed by atoms with Gasteiger partial charge in [0.15, 0.2) is 0 Å².